The van der Waals surface area contributed by atoms with Crippen molar-refractivity contribution in [1.29, 1.82) is 0 Å². The largest absolute Gasteiger partial charge is 0.454 e. The number of Topliss-reactive ketones (excluding diaryl/α,β-unsaturated/α-hetero) is 1. The number of fused-ring (bicyclic) bond motifs is 2. The standard InChI is InChI=1S/C21H17N3O3/c1-12-13(2)24-19-9-14(7-8-18(19)23-12)21(26)27-11-20(25)16-10-22-17-6-4-3-5-15(16)17/h3-10,22H,11H2,1-2H3. The first-order valence-electron chi connectivity index (χ1n) is 8.54. The Hall–Kier alpha value is -3.54. The van der Waals surface area contributed by atoms with E-state index in [1.807, 2.05) is 38.1 Å². The number of rotatable bonds is 4. The third-order valence-corrected chi connectivity index (χ3v) is 4.54. The molecule has 0 amide bonds. The van der Waals surface area contributed by atoms with E-state index in [0.29, 0.717) is 22.2 Å². The zero-order valence-corrected chi connectivity index (χ0v) is 14.9. The van der Waals surface area contributed by atoms with Crippen molar-refractivity contribution in [2.75, 3.05) is 6.61 Å². The number of carbonyl (C=O) groups is 2. The normalized spacial score (nSPS) is 11.0. The second-order valence-electron chi connectivity index (χ2n) is 6.35. The summed E-state index contributed by atoms with van der Waals surface area (Å²) in [6, 6.07) is 12.5. The molecular formula is C21H17N3O3. The summed E-state index contributed by atoms with van der Waals surface area (Å²) in [4.78, 5) is 36.7. The Morgan fingerprint density at radius 3 is 2.56 bits per heavy atom. The number of nitrogens with one attached hydrogen (secondary N) is 1. The van der Waals surface area contributed by atoms with Gasteiger partial charge in [-0.1, -0.05) is 18.2 Å². The van der Waals surface area contributed by atoms with Gasteiger partial charge in [0.2, 0.25) is 5.78 Å². The fraction of sp³-hybridized carbons (Fsp3) is 0.143. The SMILES string of the molecule is Cc1nc2ccc(C(=O)OCC(=O)c3c[nH]c4ccccc34)cc2nc1C. The van der Waals surface area contributed by atoms with Crippen LogP contribution in [0.5, 0.6) is 0 Å². The minimum Gasteiger partial charge on any atom is -0.454 e. The van der Waals surface area contributed by atoms with Crippen molar-refractivity contribution in [3.8, 4) is 0 Å². The summed E-state index contributed by atoms with van der Waals surface area (Å²) in [5, 5.41) is 0.811. The molecule has 2 heterocycles. The van der Waals surface area contributed by atoms with Gasteiger partial charge in [0.25, 0.3) is 0 Å². The molecule has 6 nitrogen and oxygen atoms in total. The molecule has 0 atom stereocenters. The number of hydrogen-bond acceptors (Lipinski definition) is 5. The molecule has 6 heteroatoms. The summed E-state index contributed by atoms with van der Waals surface area (Å²) in [7, 11) is 0. The van der Waals surface area contributed by atoms with Crippen molar-refractivity contribution in [2.45, 2.75) is 13.8 Å². The van der Waals surface area contributed by atoms with Gasteiger partial charge in [0.1, 0.15) is 0 Å². The first kappa shape index (κ1) is 16.9. The van der Waals surface area contributed by atoms with Gasteiger partial charge in [-0.15, -0.1) is 0 Å². The number of aromatic amines is 1. The molecule has 0 radical (unpaired) electrons. The van der Waals surface area contributed by atoms with E-state index in [9.17, 15) is 9.59 Å². The molecule has 0 aliphatic carbocycles. The first-order chi connectivity index (χ1) is 13.0. The Labute approximate surface area is 155 Å². The number of benzene rings is 2. The summed E-state index contributed by atoms with van der Waals surface area (Å²) >= 11 is 0. The van der Waals surface area contributed by atoms with Crippen LogP contribution in [0, 0.1) is 13.8 Å². The molecule has 27 heavy (non-hydrogen) atoms. The van der Waals surface area contributed by atoms with E-state index >= 15 is 0 Å². The molecule has 134 valence electrons. The van der Waals surface area contributed by atoms with Crippen molar-refractivity contribution >= 4 is 33.7 Å². The summed E-state index contributed by atoms with van der Waals surface area (Å²) in [6.07, 6.45) is 1.64. The number of H-pyrrole nitrogens is 1. The number of aryl methyl sites for hydroxylation is 2. The van der Waals surface area contributed by atoms with Crippen LogP contribution in [0.25, 0.3) is 21.9 Å². The van der Waals surface area contributed by atoms with Gasteiger partial charge >= 0.3 is 5.97 Å². The van der Waals surface area contributed by atoms with E-state index in [1.54, 1.807) is 24.4 Å². The lowest BCUT2D eigenvalue weighted by Gasteiger charge is -2.06. The molecule has 0 bridgehead atoms. The quantitative estimate of drug-likeness (QED) is 0.443. The highest BCUT2D eigenvalue weighted by molar-refractivity contribution is 6.09. The monoisotopic (exact) mass is 359 g/mol. The fourth-order valence-electron chi connectivity index (χ4n) is 2.95. The van der Waals surface area contributed by atoms with E-state index in [4.69, 9.17) is 4.74 Å². The number of aromatic nitrogens is 3. The predicted octanol–water partition coefficient (Wildman–Crippen LogP) is 3.77. The molecule has 2 aromatic carbocycles. The molecule has 0 aliphatic rings. The summed E-state index contributed by atoms with van der Waals surface area (Å²) in [5.74, 6) is -0.821. The molecule has 4 aromatic rings. The highest BCUT2D eigenvalue weighted by Crippen LogP contribution is 2.19. The summed E-state index contributed by atoms with van der Waals surface area (Å²) < 4.78 is 5.21. The average Bonchev–Trinajstić information content (AvgIpc) is 3.10. The van der Waals surface area contributed by atoms with E-state index in [-0.39, 0.29) is 12.4 Å². The van der Waals surface area contributed by atoms with Crippen LogP contribution in [-0.4, -0.2) is 33.3 Å². The van der Waals surface area contributed by atoms with Crippen LogP contribution in [0.1, 0.15) is 32.1 Å². The number of nitrogens with zero attached hydrogens (tertiary/aromatic N) is 2. The van der Waals surface area contributed by atoms with Gasteiger partial charge in [0.05, 0.1) is 28.0 Å². The Kier molecular flexibility index (Phi) is 4.16. The number of carbonyl (C=O) groups excluding carboxylic acids is 2. The Morgan fingerprint density at radius 2 is 1.74 bits per heavy atom. The zero-order valence-electron chi connectivity index (χ0n) is 14.9. The van der Waals surface area contributed by atoms with Crippen LogP contribution in [0.4, 0.5) is 0 Å². The van der Waals surface area contributed by atoms with Crippen molar-refractivity contribution in [3.63, 3.8) is 0 Å². The second kappa shape index (κ2) is 6.64. The highest BCUT2D eigenvalue weighted by atomic mass is 16.5. The molecular weight excluding hydrogens is 342 g/mol. The Bertz CT molecular complexity index is 1190. The molecule has 0 spiro atoms. The van der Waals surface area contributed by atoms with Gasteiger partial charge in [-0.2, -0.15) is 0 Å². The van der Waals surface area contributed by atoms with Gasteiger partial charge in [-0.3, -0.25) is 4.79 Å². The van der Waals surface area contributed by atoms with Crippen LogP contribution >= 0.6 is 0 Å². The van der Waals surface area contributed by atoms with E-state index in [1.165, 1.54) is 0 Å². The van der Waals surface area contributed by atoms with Crippen LogP contribution < -0.4 is 0 Å². The minimum atomic E-state index is -0.565. The maximum atomic E-state index is 12.4. The van der Waals surface area contributed by atoms with Gasteiger partial charge < -0.3 is 9.72 Å². The maximum absolute atomic E-state index is 12.4. The molecule has 4 rings (SSSR count). The van der Waals surface area contributed by atoms with Crippen LogP contribution in [0.2, 0.25) is 0 Å². The smallest absolute Gasteiger partial charge is 0.338 e. The van der Waals surface area contributed by atoms with Gasteiger partial charge in [-0.05, 0) is 38.1 Å². The minimum absolute atomic E-state index is 0.257. The number of esters is 1. The van der Waals surface area contributed by atoms with Crippen molar-refractivity contribution in [1.82, 2.24) is 15.0 Å². The third kappa shape index (κ3) is 3.17. The van der Waals surface area contributed by atoms with Gasteiger partial charge in [0.15, 0.2) is 6.61 Å². The molecule has 0 aliphatic heterocycles. The summed E-state index contributed by atoms with van der Waals surface area (Å²) in [5.41, 5.74) is 4.70. The Morgan fingerprint density at radius 1 is 1.00 bits per heavy atom. The molecule has 1 N–H and O–H groups in total. The van der Waals surface area contributed by atoms with Crippen molar-refractivity contribution < 1.29 is 14.3 Å². The lowest BCUT2D eigenvalue weighted by Crippen LogP contribution is -2.14. The lowest BCUT2D eigenvalue weighted by molar-refractivity contribution is 0.0475. The van der Waals surface area contributed by atoms with Crippen LogP contribution in [0.3, 0.4) is 0 Å². The first-order valence-corrected chi connectivity index (χ1v) is 8.54. The topological polar surface area (TPSA) is 84.9 Å². The maximum Gasteiger partial charge on any atom is 0.338 e. The van der Waals surface area contributed by atoms with E-state index in [2.05, 4.69) is 15.0 Å². The average molecular weight is 359 g/mol. The number of hydrogen-bond donors (Lipinski definition) is 1. The second-order valence-corrected chi connectivity index (χ2v) is 6.35. The lowest BCUT2D eigenvalue weighted by atomic mass is 10.1. The van der Waals surface area contributed by atoms with Crippen molar-refractivity contribution in [2.24, 2.45) is 0 Å². The fourth-order valence-corrected chi connectivity index (χ4v) is 2.95. The number of ether oxygens (including phenoxy) is 1. The van der Waals surface area contributed by atoms with Gasteiger partial charge in [0, 0.05) is 22.7 Å². The van der Waals surface area contributed by atoms with Crippen molar-refractivity contribution in [3.05, 3.63) is 71.2 Å². The Balaban J connectivity index is 1.51. The number of ketones is 1. The molecule has 2 aromatic heterocycles. The third-order valence-electron chi connectivity index (χ3n) is 4.54. The molecule has 0 saturated heterocycles. The zero-order chi connectivity index (χ0) is 19.0. The van der Waals surface area contributed by atoms with Gasteiger partial charge in [-0.25, -0.2) is 14.8 Å². The highest BCUT2D eigenvalue weighted by Gasteiger charge is 2.16. The van der Waals surface area contributed by atoms with Crippen LogP contribution in [0.15, 0.2) is 48.7 Å². The van der Waals surface area contributed by atoms with E-state index in [0.717, 1.165) is 22.3 Å². The van der Waals surface area contributed by atoms with E-state index < -0.39 is 5.97 Å². The molecule has 0 fully saturated rings. The number of para-hydroxylation sites is 1. The van der Waals surface area contributed by atoms with Crippen LogP contribution in [-0.2, 0) is 4.74 Å². The molecule has 0 saturated carbocycles. The predicted molar refractivity (Wildman–Crippen MR) is 102 cm³/mol. The summed E-state index contributed by atoms with van der Waals surface area (Å²) in [6.45, 7) is 3.43. The molecule has 0 unspecified atom stereocenters.